The summed E-state index contributed by atoms with van der Waals surface area (Å²) >= 11 is 0. The number of rotatable bonds is 6. The number of amides is 2. The molecule has 29 heavy (non-hydrogen) atoms. The summed E-state index contributed by atoms with van der Waals surface area (Å²) in [6, 6.07) is 13.0. The van der Waals surface area contributed by atoms with E-state index in [9.17, 15) is 14.0 Å². The zero-order chi connectivity index (χ0) is 20.8. The molecule has 2 N–H and O–H groups in total. The molecule has 0 spiro atoms. The number of pyridine rings is 1. The fourth-order valence-electron chi connectivity index (χ4n) is 2.72. The van der Waals surface area contributed by atoms with E-state index >= 15 is 0 Å². The standard InChI is InChI=1S/C22H20FN3O3/c1-14-7-8-20(29-2)19(9-14)26-22(28)17-10-16(11-24-12-17)21(27)25-13-15-5-3-4-6-18(15)23/h3-12H,13H2,1-2H3,(H,25,27)(H,26,28). The Balaban J connectivity index is 1.72. The first-order valence-electron chi connectivity index (χ1n) is 8.90. The molecule has 7 heteroatoms. The number of nitrogens with zero attached hydrogens (tertiary/aromatic N) is 1. The highest BCUT2D eigenvalue weighted by Gasteiger charge is 2.14. The fourth-order valence-corrected chi connectivity index (χ4v) is 2.72. The summed E-state index contributed by atoms with van der Waals surface area (Å²) in [7, 11) is 1.52. The van der Waals surface area contributed by atoms with Crippen molar-refractivity contribution < 1.29 is 18.7 Å². The van der Waals surface area contributed by atoms with Crippen molar-refractivity contribution in [2.24, 2.45) is 0 Å². The number of ether oxygens (including phenoxy) is 1. The molecule has 3 rings (SSSR count). The van der Waals surface area contributed by atoms with Crippen molar-refractivity contribution in [1.29, 1.82) is 0 Å². The van der Waals surface area contributed by atoms with Gasteiger partial charge >= 0.3 is 0 Å². The molecule has 1 heterocycles. The second-order valence-corrected chi connectivity index (χ2v) is 6.39. The minimum atomic E-state index is -0.455. The number of hydrogen-bond donors (Lipinski definition) is 2. The Morgan fingerprint density at radius 3 is 2.48 bits per heavy atom. The van der Waals surface area contributed by atoms with Crippen molar-refractivity contribution in [3.05, 3.63) is 89.0 Å². The van der Waals surface area contributed by atoms with Gasteiger partial charge in [-0.25, -0.2) is 4.39 Å². The Bertz CT molecular complexity index is 1050. The summed E-state index contributed by atoms with van der Waals surface area (Å²) < 4.78 is 18.9. The monoisotopic (exact) mass is 393 g/mol. The largest absolute Gasteiger partial charge is 0.495 e. The van der Waals surface area contributed by atoms with Crippen LogP contribution in [0.2, 0.25) is 0 Å². The van der Waals surface area contributed by atoms with E-state index in [1.807, 2.05) is 13.0 Å². The molecule has 0 radical (unpaired) electrons. The van der Waals surface area contributed by atoms with Crippen LogP contribution in [0.3, 0.4) is 0 Å². The Morgan fingerprint density at radius 2 is 1.76 bits per heavy atom. The molecule has 6 nitrogen and oxygen atoms in total. The summed E-state index contributed by atoms with van der Waals surface area (Å²) in [5.41, 5.74) is 2.26. The zero-order valence-electron chi connectivity index (χ0n) is 16.0. The summed E-state index contributed by atoms with van der Waals surface area (Å²) in [5.74, 6) is -0.754. The van der Waals surface area contributed by atoms with Gasteiger partial charge in [-0.3, -0.25) is 14.6 Å². The van der Waals surface area contributed by atoms with Gasteiger partial charge in [0.05, 0.1) is 23.9 Å². The molecular weight excluding hydrogens is 373 g/mol. The predicted molar refractivity (Wildman–Crippen MR) is 107 cm³/mol. The van der Waals surface area contributed by atoms with E-state index in [0.717, 1.165) is 5.56 Å². The second-order valence-electron chi connectivity index (χ2n) is 6.39. The predicted octanol–water partition coefficient (Wildman–Crippen LogP) is 3.72. The molecule has 0 saturated carbocycles. The number of nitrogens with one attached hydrogen (secondary N) is 2. The molecular formula is C22H20FN3O3. The number of halogens is 1. The first kappa shape index (κ1) is 20.0. The molecule has 0 atom stereocenters. The number of benzene rings is 2. The molecule has 2 amide bonds. The molecule has 0 bridgehead atoms. The molecule has 148 valence electrons. The summed E-state index contributed by atoms with van der Waals surface area (Å²) in [5, 5.41) is 5.39. The highest BCUT2D eigenvalue weighted by Crippen LogP contribution is 2.25. The summed E-state index contributed by atoms with van der Waals surface area (Å²) in [6.45, 7) is 1.93. The molecule has 0 fully saturated rings. The van der Waals surface area contributed by atoms with E-state index in [1.54, 1.807) is 30.3 Å². The lowest BCUT2D eigenvalue weighted by molar-refractivity contribution is 0.0950. The van der Waals surface area contributed by atoms with Crippen LogP contribution in [0, 0.1) is 12.7 Å². The van der Waals surface area contributed by atoms with E-state index in [-0.39, 0.29) is 17.7 Å². The van der Waals surface area contributed by atoms with E-state index in [2.05, 4.69) is 15.6 Å². The highest BCUT2D eigenvalue weighted by molar-refractivity contribution is 6.06. The van der Waals surface area contributed by atoms with Crippen molar-refractivity contribution in [2.75, 3.05) is 12.4 Å². The minimum absolute atomic E-state index is 0.0302. The molecule has 2 aromatic carbocycles. The van der Waals surface area contributed by atoms with Gasteiger partial charge < -0.3 is 15.4 Å². The van der Waals surface area contributed by atoms with Crippen molar-refractivity contribution in [3.8, 4) is 5.75 Å². The molecule has 0 aliphatic heterocycles. The van der Waals surface area contributed by atoms with E-state index in [0.29, 0.717) is 17.0 Å². The van der Waals surface area contributed by atoms with E-state index < -0.39 is 17.6 Å². The van der Waals surface area contributed by atoms with Crippen molar-refractivity contribution in [3.63, 3.8) is 0 Å². The summed E-state index contributed by atoms with van der Waals surface area (Å²) in [4.78, 5) is 29.0. The van der Waals surface area contributed by atoms with Gasteiger partial charge in [-0.1, -0.05) is 24.3 Å². The van der Waals surface area contributed by atoms with Crippen LogP contribution in [0.4, 0.5) is 10.1 Å². The van der Waals surface area contributed by atoms with Crippen LogP contribution >= 0.6 is 0 Å². The van der Waals surface area contributed by atoms with Gasteiger partial charge in [-0.15, -0.1) is 0 Å². The quantitative estimate of drug-likeness (QED) is 0.669. The van der Waals surface area contributed by atoms with Gasteiger partial charge in [-0.2, -0.15) is 0 Å². The lowest BCUT2D eigenvalue weighted by atomic mass is 10.1. The third-order valence-corrected chi connectivity index (χ3v) is 4.26. The Kier molecular flexibility index (Phi) is 6.19. The van der Waals surface area contributed by atoms with Crippen LogP contribution in [-0.2, 0) is 6.54 Å². The minimum Gasteiger partial charge on any atom is -0.495 e. The molecule has 3 aromatic rings. The lowest BCUT2D eigenvalue weighted by Gasteiger charge is -2.11. The van der Waals surface area contributed by atoms with Crippen molar-refractivity contribution in [1.82, 2.24) is 10.3 Å². The zero-order valence-corrected chi connectivity index (χ0v) is 16.0. The lowest BCUT2D eigenvalue weighted by Crippen LogP contribution is -2.24. The number of carbonyl (C=O) groups is 2. The molecule has 0 aliphatic rings. The third-order valence-electron chi connectivity index (χ3n) is 4.26. The second kappa shape index (κ2) is 8.97. The van der Waals surface area contributed by atoms with Gasteiger partial charge in [-0.05, 0) is 36.8 Å². The van der Waals surface area contributed by atoms with Gasteiger partial charge in [0.1, 0.15) is 11.6 Å². The fraction of sp³-hybridized carbons (Fsp3) is 0.136. The maximum atomic E-state index is 13.7. The van der Waals surface area contributed by atoms with Crippen LogP contribution in [-0.4, -0.2) is 23.9 Å². The number of anilines is 1. The number of aryl methyl sites for hydroxylation is 1. The molecule has 0 saturated heterocycles. The van der Waals surface area contributed by atoms with Crippen molar-refractivity contribution >= 4 is 17.5 Å². The average Bonchev–Trinajstić information content (AvgIpc) is 2.73. The number of methoxy groups -OCH3 is 1. The number of carbonyl (C=O) groups excluding carboxylic acids is 2. The maximum Gasteiger partial charge on any atom is 0.257 e. The van der Waals surface area contributed by atoms with E-state index in [1.165, 1.54) is 31.6 Å². The van der Waals surface area contributed by atoms with Gasteiger partial charge in [0.25, 0.3) is 11.8 Å². The SMILES string of the molecule is COc1ccc(C)cc1NC(=O)c1cncc(C(=O)NCc2ccccc2F)c1. The normalized spacial score (nSPS) is 10.3. The Hall–Kier alpha value is -3.74. The Morgan fingerprint density at radius 1 is 1.03 bits per heavy atom. The molecule has 1 aromatic heterocycles. The first-order valence-corrected chi connectivity index (χ1v) is 8.90. The van der Waals surface area contributed by atoms with Crippen LogP contribution in [0.5, 0.6) is 5.75 Å². The number of hydrogen-bond acceptors (Lipinski definition) is 4. The van der Waals surface area contributed by atoms with Crippen LogP contribution in [0.25, 0.3) is 0 Å². The van der Waals surface area contributed by atoms with Crippen LogP contribution in [0.15, 0.2) is 60.9 Å². The van der Waals surface area contributed by atoms with E-state index in [4.69, 9.17) is 4.74 Å². The highest BCUT2D eigenvalue weighted by atomic mass is 19.1. The topological polar surface area (TPSA) is 80.3 Å². The average molecular weight is 393 g/mol. The van der Waals surface area contributed by atoms with Crippen molar-refractivity contribution in [2.45, 2.75) is 13.5 Å². The first-order chi connectivity index (χ1) is 14.0. The van der Waals surface area contributed by atoms with Gasteiger partial charge in [0.2, 0.25) is 0 Å². The third kappa shape index (κ3) is 4.95. The number of aromatic nitrogens is 1. The van der Waals surface area contributed by atoms with Gasteiger partial charge in [0, 0.05) is 24.5 Å². The molecule has 0 aliphatic carbocycles. The van der Waals surface area contributed by atoms with Crippen LogP contribution in [0.1, 0.15) is 31.8 Å². The molecule has 0 unspecified atom stereocenters. The van der Waals surface area contributed by atoms with Gasteiger partial charge in [0.15, 0.2) is 0 Å². The Labute approximate surface area is 167 Å². The smallest absolute Gasteiger partial charge is 0.257 e. The maximum absolute atomic E-state index is 13.7. The summed E-state index contributed by atoms with van der Waals surface area (Å²) in [6.07, 6.45) is 2.71. The van der Waals surface area contributed by atoms with Crippen LogP contribution < -0.4 is 15.4 Å².